The zero-order valence-corrected chi connectivity index (χ0v) is 4.29. The van der Waals surface area contributed by atoms with Gasteiger partial charge in [-0.25, -0.2) is 0 Å². The Morgan fingerprint density at radius 3 is 2.88 bits per heavy atom. The number of hydrogen-bond donors (Lipinski definition) is 1. The standard InChI is InChI=1S/C4H7NO3/c6-4(7)3-1-8-2-5-3/h3,5H,1-2H2,(H,6,7)/t3-/m1/s1. The topological polar surface area (TPSA) is 66.0 Å². The van der Waals surface area contributed by atoms with Crippen LogP contribution in [0.3, 0.4) is 0 Å². The van der Waals surface area contributed by atoms with Crippen LogP contribution in [0, 0.1) is 0 Å². The van der Waals surface area contributed by atoms with Crippen molar-refractivity contribution in [2.45, 2.75) is 6.04 Å². The molecule has 46 valence electrons. The second-order valence-corrected chi connectivity index (χ2v) is 1.70. The van der Waals surface area contributed by atoms with Crippen molar-refractivity contribution in [3.05, 3.63) is 0 Å². The molecule has 0 radical (unpaired) electrons. The predicted molar refractivity (Wildman–Crippen MR) is 21.5 cm³/mol. The minimum Gasteiger partial charge on any atom is -0.544 e. The zero-order valence-electron chi connectivity index (χ0n) is 4.29. The van der Waals surface area contributed by atoms with Gasteiger partial charge in [-0.2, -0.15) is 0 Å². The number of carbonyl (C=O) groups excluding carboxylic acids is 1. The van der Waals surface area contributed by atoms with Gasteiger partial charge in [0.15, 0.2) is 12.8 Å². The van der Waals surface area contributed by atoms with Gasteiger partial charge >= 0.3 is 0 Å². The van der Waals surface area contributed by atoms with E-state index in [-0.39, 0.29) is 6.61 Å². The molecule has 1 saturated heterocycles. The summed E-state index contributed by atoms with van der Waals surface area (Å²) in [6.45, 7) is 0.723. The number of ether oxygens (including phenoxy) is 1. The third-order valence-electron chi connectivity index (χ3n) is 1.10. The SMILES string of the molecule is O=C([O-])[C@H]1COC[NH2+]1. The van der Waals surface area contributed by atoms with Crippen molar-refractivity contribution in [3.8, 4) is 0 Å². The molecule has 1 atom stereocenters. The molecule has 0 aliphatic carbocycles. The molecule has 1 aliphatic rings. The second kappa shape index (κ2) is 2.11. The summed E-state index contributed by atoms with van der Waals surface area (Å²) in [4.78, 5) is 9.98. The summed E-state index contributed by atoms with van der Waals surface area (Å²) in [6.07, 6.45) is 0. The molecule has 1 rings (SSSR count). The van der Waals surface area contributed by atoms with E-state index < -0.39 is 12.0 Å². The van der Waals surface area contributed by atoms with Crippen LogP contribution in [0.5, 0.6) is 0 Å². The van der Waals surface area contributed by atoms with Crippen LogP contribution in [0.2, 0.25) is 0 Å². The van der Waals surface area contributed by atoms with E-state index in [0.717, 1.165) is 0 Å². The summed E-state index contributed by atoms with van der Waals surface area (Å²) < 4.78 is 4.74. The van der Waals surface area contributed by atoms with E-state index in [1.54, 1.807) is 5.32 Å². The van der Waals surface area contributed by atoms with E-state index in [2.05, 4.69) is 0 Å². The van der Waals surface area contributed by atoms with Crippen molar-refractivity contribution >= 4 is 5.97 Å². The molecule has 1 fully saturated rings. The number of aliphatic carboxylic acids is 1. The van der Waals surface area contributed by atoms with Crippen LogP contribution in [-0.2, 0) is 9.53 Å². The number of hydrogen-bond acceptors (Lipinski definition) is 3. The summed E-state index contributed by atoms with van der Waals surface area (Å²) in [6, 6.07) is -0.477. The second-order valence-electron chi connectivity index (χ2n) is 1.70. The molecule has 1 aliphatic heterocycles. The molecular formula is C4H7NO3. The third kappa shape index (κ3) is 0.962. The largest absolute Gasteiger partial charge is 0.544 e. The van der Waals surface area contributed by atoms with Crippen LogP contribution in [-0.4, -0.2) is 25.3 Å². The van der Waals surface area contributed by atoms with Gasteiger partial charge in [0.1, 0.15) is 12.6 Å². The first-order chi connectivity index (χ1) is 3.80. The smallest absolute Gasteiger partial charge is 0.180 e. The number of quaternary nitrogens is 1. The van der Waals surface area contributed by atoms with Gasteiger partial charge in [-0.1, -0.05) is 0 Å². The molecule has 0 spiro atoms. The van der Waals surface area contributed by atoms with Gasteiger partial charge in [-0.3, -0.25) is 0 Å². The molecule has 0 bridgehead atoms. The van der Waals surface area contributed by atoms with E-state index in [0.29, 0.717) is 6.73 Å². The van der Waals surface area contributed by atoms with Crippen molar-refractivity contribution in [1.29, 1.82) is 0 Å². The maximum Gasteiger partial charge on any atom is 0.180 e. The lowest BCUT2D eigenvalue weighted by Crippen LogP contribution is -2.90. The number of nitrogens with two attached hydrogens (primary N) is 1. The summed E-state index contributed by atoms with van der Waals surface area (Å²) in [5.41, 5.74) is 0. The highest BCUT2D eigenvalue weighted by molar-refractivity contribution is 5.69. The van der Waals surface area contributed by atoms with Crippen molar-refractivity contribution in [1.82, 2.24) is 0 Å². The first kappa shape index (κ1) is 5.53. The van der Waals surface area contributed by atoms with Crippen LogP contribution >= 0.6 is 0 Å². The van der Waals surface area contributed by atoms with Gasteiger partial charge in [0.2, 0.25) is 0 Å². The fourth-order valence-corrected chi connectivity index (χ4v) is 0.612. The van der Waals surface area contributed by atoms with Crippen LogP contribution in [0.15, 0.2) is 0 Å². The number of carbonyl (C=O) groups is 1. The Morgan fingerprint density at radius 1 is 1.88 bits per heavy atom. The van der Waals surface area contributed by atoms with Gasteiger partial charge in [0, 0.05) is 0 Å². The number of carboxylic acids is 1. The molecule has 8 heavy (non-hydrogen) atoms. The van der Waals surface area contributed by atoms with Crippen LogP contribution in [0.25, 0.3) is 0 Å². The summed E-state index contributed by atoms with van der Waals surface area (Å²) >= 11 is 0. The summed E-state index contributed by atoms with van der Waals surface area (Å²) in [5, 5.41) is 11.6. The molecule has 0 unspecified atom stereocenters. The average molecular weight is 117 g/mol. The molecule has 2 N–H and O–H groups in total. The van der Waals surface area contributed by atoms with E-state index in [1.165, 1.54) is 0 Å². The highest BCUT2D eigenvalue weighted by Gasteiger charge is 2.18. The molecule has 0 aromatic carbocycles. The summed E-state index contributed by atoms with van der Waals surface area (Å²) in [7, 11) is 0. The molecule has 0 saturated carbocycles. The number of carboxylic acid groups (broad SMARTS) is 1. The zero-order chi connectivity index (χ0) is 5.98. The Bertz CT molecular complexity index is 97.5. The molecular weight excluding hydrogens is 110 g/mol. The van der Waals surface area contributed by atoms with Crippen LogP contribution < -0.4 is 10.4 Å². The van der Waals surface area contributed by atoms with E-state index in [4.69, 9.17) is 4.74 Å². The summed E-state index contributed by atoms with van der Waals surface area (Å²) in [5.74, 6) is -1.04. The Kier molecular flexibility index (Phi) is 1.45. The highest BCUT2D eigenvalue weighted by atomic mass is 16.5. The lowest BCUT2D eigenvalue weighted by atomic mass is 10.3. The van der Waals surface area contributed by atoms with Crippen molar-refractivity contribution in [2.75, 3.05) is 13.3 Å². The van der Waals surface area contributed by atoms with Gasteiger partial charge < -0.3 is 20.0 Å². The highest BCUT2D eigenvalue weighted by Crippen LogP contribution is 1.80. The van der Waals surface area contributed by atoms with Crippen molar-refractivity contribution in [3.63, 3.8) is 0 Å². The van der Waals surface area contributed by atoms with E-state index in [1.807, 2.05) is 0 Å². The fourth-order valence-electron chi connectivity index (χ4n) is 0.612. The van der Waals surface area contributed by atoms with E-state index >= 15 is 0 Å². The van der Waals surface area contributed by atoms with Crippen molar-refractivity contribution in [2.24, 2.45) is 0 Å². The predicted octanol–water partition coefficient (Wildman–Crippen LogP) is -3.34. The van der Waals surface area contributed by atoms with Gasteiger partial charge in [-0.05, 0) is 0 Å². The first-order valence-corrected chi connectivity index (χ1v) is 2.42. The van der Waals surface area contributed by atoms with Gasteiger partial charge in [0.25, 0.3) is 0 Å². The average Bonchev–Trinajstić information content (AvgIpc) is 2.12. The number of rotatable bonds is 1. The Morgan fingerprint density at radius 2 is 2.62 bits per heavy atom. The van der Waals surface area contributed by atoms with Crippen molar-refractivity contribution < 1.29 is 20.0 Å². The molecule has 1 heterocycles. The maximum absolute atomic E-state index is 9.98. The molecule has 0 aromatic heterocycles. The minimum absolute atomic E-state index is 0.280. The minimum atomic E-state index is -1.04. The maximum atomic E-state index is 9.98. The molecule has 4 heteroatoms. The Labute approximate surface area is 46.4 Å². The lowest BCUT2D eigenvalue weighted by Gasteiger charge is -2.03. The fraction of sp³-hybridized carbons (Fsp3) is 0.750. The normalized spacial score (nSPS) is 28.2. The van der Waals surface area contributed by atoms with Crippen LogP contribution in [0.1, 0.15) is 0 Å². The first-order valence-electron chi connectivity index (χ1n) is 2.42. The lowest BCUT2D eigenvalue weighted by molar-refractivity contribution is -0.676. The van der Waals surface area contributed by atoms with Gasteiger partial charge in [-0.15, -0.1) is 0 Å². The molecule has 0 amide bonds. The Hall–Kier alpha value is -0.610. The monoisotopic (exact) mass is 117 g/mol. The molecule has 0 aromatic rings. The Balaban J connectivity index is 2.35. The third-order valence-corrected chi connectivity index (χ3v) is 1.10. The quantitative estimate of drug-likeness (QED) is 0.390. The van der Waals surface area contributed by atoms with Crippen LogP contribution in [0.4, 0.5) is 0 Å². The van der Waals surface area contributed by atoms with E-state index in [9.17, 15) is 9.90 Å². The molecule has 4 nitrogen and oxygen atoms in total. The van der Waals surface area contributed by atoms with Gasteiger partial charge in [0.05, 0.1) is 0 Å².